The molecule has 0 aliphatic carbocycles. The van der Waals surface area contributed by atoms with Crippen LogP contribution >= 0.6 is 0 Å². The monoisotopic (exact) mass is 405 g/mol. The van der Waals surface area contributed by atoms with Gasteiger partial charge in [0.05, 0.1) is 0 Å². The lowest BCUT2D eigenvalue weighted by molar-refractivity contribution is -0.149. The van der Waals surface area contributed by atoms with Crippen LogP contribution in [-0.4, -0.2) is 34.5 Å². The van der Waals surface area contributed by atoms with Crippen LogP contribution in [0.5, 0.6) is 0 Å². The summed E-state index contributed by atoms with van der Waals surface area (Å²) < 4.78 is 10.4. The Morgan fingerprint density at radius 3 is 2.47 bits per heavy atom. The third-order valence-electron chi connectivity index (χ3n) is 4.91. The molecule has 0 spiro atoms. The van der Waals surface area contributed by atoms with E-state index in [0.29, 0.717) is 17.0 Å². The Balaban J connectivity index is 1.37. The number of imide groups is 1. The van der Waals surface area contributed by atoms with Crippen LogP contribution in [0, 0.1) is 0 Å². The molecular formula is C22H19N3O5. The summed E-state index contributed by atoms with van der Waals surface area (Å²) in [6.07, 6.45) is 0. The van der Waals surface area contributed by atoms with Crippen molar-refractivity contribution in [1.29, 1.82) is 0 Å². The van der Waals surface area contributed by atoms with Crippen molar-refractivity contribution in [3.63, 3.8) is 0 Å². The maximum Gasteiger partial charge on any atom is 0.326 e. The number of rotatable bonds is 6. The van der Waals surface area contributed by atoms with Crippen LogP contribution in [0.2, 0.25) is 0 Å². The second kappa shape index (κ2) is 7.82. The standard InChI is InChI=1S/C22H19N3O5/c1-22(16-10-6-3-7-11-16)20(27)25(21(28)23-22)13-19(26)29-14-17-12-18(30-24-17)15-8-4-2-5-9-15/h2-12H,13-14H2,1H3,(H,23,28)/t22-/m1/s1. The van der Waals surface area contributed by atoms with Crippen LogP contribution in [0.15, 0.2) is 71.3 Å². The minimum atomic E-state index is -1.23. The van der Waals surface area contributed by atoms with Crippen molar-refractivity contribution >= 4 is 17.9 Å². The molecule has 1 N–H and O–H groups in total. The van der Waals surface area contributed by atoms with E-state index < -0.39 is 30.0 Å². The molecule has 1 aliphatic heterocycles. The predicted molar refractivity (Wildman–Crippen MR) is 106 cm³/mol. The normalized spacial score (nSPS) is 18.4. The molecule has 0 saturated carbocycles. The molecular weight excluding hydrogens is 386 g/mol. The molecule has 30 heavy (non-hydrogen) atoms. The molecule has 0 radical (unpaired) electrons. The van der Waals surface area contributed by atoms with Gasteiger partial charge in [-0.15, -0.1) is 0 Å². The number of amides is 3. The summed E-state index contributed by atoms with van der Waals surface area (Å²) in [4.78, 5) is 38.2. The zero-order valence-electron chi connectivity index (χ0n) is 16.2. The van der Waals surface area contributed by atoms with E-state index in [2.05, 4.69) is 10.5 Å². The molecule has 1 atom stereocenters. The minimum Gasteiger partial charge on any atom is -0.458 e. The van der Waals surface area contributed by atoms with Gasteiger partial charge in [0.25, 0.3) is 5.91 Å². The smallest absolute Gasteiger partial charge is 0.326 e. The minimum absolute atomic E-state index is 0.130. The summed E-state index contributed by atoms with van der Waals surface area (Å²) in [6.45, 7) is 0.986. The summed E-state index contributed by atoms with van der Waals surface area (Å²) >= 11 is 0. The molecule has 2 heterocycles. The van der Waals surface area contributed by atoms with Gasteiger partial charge in [0.1, 0.15) is 24.4 Å². The van der Waals surface area contributed by atoms with Crippen LogP contribution in [0.1, 0.15) is 18.2 Å². The molecule has 1 fully saturated rings. The molecule has 3 aromatic rings. The number of urea groups is 1. The van der Waals surface area contributed by atoms with Gasteiger partial charge in [-0.3, -0.25) is 14.5 Å². The molecule has 8 nitrogen and oxygen atoms in total. The maximum atomic E-state index is 12.8. The lowest BCUT2D eigenvalue weighted by Gasteiger charge is -2.21. The van der Waals surface area contributed by atoms with E-state index in [9.17, 15) is 14.4 Å². The van der Waals surface area contributed by atoms with Gasteiger partial charge in [0, 0.05) is 11.6 Å². The number of hydrogen-bond acceptors (Lipinski definition) is 6. The molecule has 2 aromatic carbocycles. The quantitative estimate of drug-likeness (QED) is 0.500. The number of aromatic nitrogens is 1. The summed E-state index contributed by atoms with van der Waals surface area (Å²) in [5, 5.41) is 6.53. The first-order valence-corrected chi connectivity index (χ1v) is 9.33. The highest BCUT2D eigenvalue weighted by Gasteiger charge is 2.49. The lowest BCUT2D eigenvalue weighted by Crippen LogP contribution is -2.41. The zero-order chi connectivity index (χ0) is 21.1. The molecule has 152 valence electrons. The van der Waals surface area contributed by atoms with Gasteiger partial charge in [-0.05, 0) is 12.5 Å². The highest BCUT2D eigenvalue weighted by atomic mass is 16.5. The number of benzene rings is 2. The highest BCUT2D eigenvalue weighted by Crippen LogP contribution is 2.28. The van der Waals surface area contributed by atoms with Crippen LogP contribution in [0.25, 0.3) is 11.3 Å². The molecule has 0 unspecified atom stereocenters. The summed E-state index contributed by atoms with van der Waals surface area (Å²) in [6, 6.07) is 19.3. The van der Waals surface area contributed by atoms with E-state index in [1.165, 1.54) is 0 Å². The first-order chi connectivity index (χ1) is 14.5. The topological polar surface area (TPSA) is 102 Å². The highest BCUT2D eigenvalue weighted by molar-refractivity contribution is 6.08. The first kappa shape index (κ1) is 19.4. The van der Waals surface area contributed by atoms with E-state index in [-0.39, 0.29) is 6.61 Å². The van der Waals surface area contributed by atoms with Gasteiger partial charge < -0.3 is 14.6 Å². The fraction of sp³-hybridized carbons (Fsp3) is 0.182. The van der Waals surface area contributed by atoms with Crippen molar-refractivity contribution in [2.75, 3.05) is 6.54 Å². The van der Waals surface area contributed by atoms with Gasteiger partial charge in [0.15, 0.2) is 5.76 Å². The van der Waals surface area contributed by atoms with Gasteiger partial charge >= 0.3 is 12.0 Å². The number of nitrogens with one attached hydrogen (secondary N) is 1. The fourth-order valence-electron chi connectivity index (χ4n) is 3.26. The van der Waals surface area contributed by atoms with Crippen molar-refractivity contribution in [2.24, 2.45) is 0 Å². The molecule has 8 heteroatoms. The third kappa shape index (κ3) is 3.67. The molecule has 4 rings (SSSR count). The maximum absolute atomic E-state index is 12.8. The van der Waals surface area contributed by atoms with Crippen LogP contribution in [-0.2, 0) is 26.5 Å². The van der Waals surface area contributed by atoms with E-state index in [1.54, 1.807) is 37.3 Å². The predicted octanol–water partition coefficient (Wildman–Crippen LogP) is 2.85. The van der Waals surface area contributed by atoms with Crippen molar-refractivity contribution in [2.45, 2.75) is 19.1 Å². The van der Waals surface area contributed by atoms with Crippen LogP contribution in [0.4, 0.5) is 4.79 Å². The van der Waals surface area contributed by atoms with E-state index in [4.69, 9.17) is 9.26 Å². The Morgan fingerprint density at radius 2 is 1.77 bits per heavy atom. The zero-order valence-corrected chi connectivity index (χ0v) is 16.2. The van der Waals surface area contributed by atoms with Gasteiger partial charge in [-0.25, -0.2) is 4.79 Å². The average molecular weight is 405 g/mol. The van der Waals surface area contributed by atoms with Crippen molar-refractivity contribution in [1.82, 2.24) is 15.4 Å². The SMILES string of the molecule is C[C@]1(c2ccccc2)NC(=O)N(CC(=O)OCc2cc(-c3ccccc3)on2)C1=O. The number of nitrogens with zero attached hydrogens (tertiary/aromatic N) is 2. The first-order valence-electron chi connectivity index (χ1n) is 9.33. The average Bonchev–Trinajstić information content (AvgIpc) is 3.33. The summed E-state index contributed by atoms with van der Waals surface area (Å²) in [5.41, 5.74) is 0.681. The molecule has 1 aliphatic rings. The fourth-order valence-corrected chi connectivity index (χ4v) is 3.26. The number of ether oxygens (including phenoxy) is 1. The molecule has 1 saturated heterocycles. The largest absolute Gasteiger partial charge is 0.458 e. The van der Waals surface area contributed by atoms with E-state index in [0.717, 1.165) is 10.5 Å². The van der Waals surface area contributed by atoms with Crippen LogP contribution < -0.4 is 5.32 Å². The number of carbonyl (C=O) groups excluding carboxylic acids is 3. The molecule has 1 aromatic heterocycles. The third-order valence-corrected chi connectivity index (χ3v) is 4.91. The second-order valence-corrected chi connectivity index (χ2v) is 7.02. The Bertz CT molecular complexity index is 1080. The van der Waals surface area contributed by atoms with Crippen molar-refractivity contribution < 1.29 is 23.6 Å². The van der Waals surface area contributed by atoms with Crippen molar-refractivity contribution in [3.05, 3.63) is 78.0 Å². The summed E-state index contributed by atoms with van der Waals surface area (Å²) in [7, 11) is 0. The van der Waals surface area contributed by atoms with Gasteiger partial charge in [0.2, 0.25) is 0 Å². The Hall–Kier alpha value is -3.94. The Labute approximate surface area is 172 Å². The Morgan fingerprint density at radius 1 is 1.10 bits per heavy atom. The second-order valence-electron chi connectivity index (χ2n) is 7.02. The van der Waals surface area contributed by atoms with E-state index >= 15 is 0 Å². The number of hydrogen-bond donors (Lipinski definition) is 1. The molecule has 3 amide bonds. The number of carbonyl (C=O) groups is 3. The van der Waals surface area contributed by atoms with Crippen molar-refractivity contribution in [3.8, 4) is 11.3 Å². The Kier molecular flexibility index (Phi) is 5.05. The summed E-state index contributed by atoms with van der Waals surface area (Å²) in [5.74, 6) is -0.683. The number of esters is 1. The van der Waals surface area contributed by atoms with E-state index in [1.807, 2.05) is 36.4 Å². The lowest BCUT2D eigenvalue weighted by atomic mass is 9.92. The molecule has 0 bridgehead atoms. The van der Waals surface area contributed by atoms with Gasteiger partial charge in [-0.1, -0.05) is 65.8 Å². The van der Waals surface area contributed by atoms with Gasteiger partial charge in [-0.2, -0.15) is 0 Å². The van der Waals surface area contributed by atoms with Crippen LogP contribution in [0.3, 0.4) is 0 Å².